The molecular formula is C24H44N+. The van der Waals surface area contributed by atoms with Crippen molar-refractivity contribution in [2.75, 3.05) is 0 Å². The molecule has 0 atom stereocenters. The molecule has 1 aromatic rings. The Morgan fingerprint density at radius 2 is 1.04 bits per heavy atom. The van der Waals surface area contributed by atoms with E-state index < -0.39 is 0 Å². The van der Waals surface area contributed by atoms with Gasteiger partial charge in [-0.25, -0.2) is 4.57 Å². The molecule has 0 radical (unpaired) electrons. The SMILES string of the molecule is CCCCCCCCCCCCC[n+]1cc(C(C)C)cc(C(C)C)c1. The maximum absolute atomic E-state index is 2.44. The van der Waals surface area contributed by atoms with E-state index in [4.69, 9.17) is 0 Å². The molecule has 1 heteroatoms. The molecule has 0 aliphatic carbocycles. The second kappa shape index (κ2) is 13.4. The summed E-state index contributed by atoms with van der Waals surface area (Å²) >= 11 is 0. The van der Waals surface area contributed by atoms with Gasteiger partial charge in [-0.2, -0.15) is 0 Å². The molecule has 1 aromatic heterocycles. The van der Waals surface area contributed by atoms with E-state index in [1.54, 1.807) is 0 Å². The Balaban J connectivity index is 2.19. The first kappa shape index (κ1) is 22.2. The van der Waals surface area contributed by atoms with Crippen LogP contribution in [0.2, 0.25) is 0 Å². The van der Waals surface area contributed by atoms with Gasteiger partial charge in [-0.3, -0.25) is 0 Å². The normalized spacial score (nSPS) is 11.6. The Morgan fingerprint density at radius 1 is 0.640 bits per heavy atom. The van der Waals surface area contributed by atoms with Crippen LogP contribution in [0.15, 0.2) is 18.5 Å². The lowest BCUT2D eigenvalue weighted by atomic mass is 9.98. The fourth-order valence-electron chi connectivity index (χ4n) is 3.41. The predicted molar refractivity (Wildman–Crippen MR) is 111 cm³/mol. The van der Waals surface area contributed by atoms with Crippen LogP contribution in [0.25, 0.3) is 0 Å². The molecule has 25 heavy (non-hydrogen) atoms. The molecule has 0 saturated carbocycles. The summed E-state index contributed by atoms with van der Waals surface area (Å²) < 4.78 is 2.44. The van der Waals surface area contributed by atoms with E-state index in [1.165, 1.54) is 88.3 Å². The second-order valence-electron chi connectivity index (χ2n) is 8.49. The van der Waals surface area contributed by atoms with E-state index in [9.17, 15) is 0 Å². The van der Waals surface area contributed by atoms with Gasteiger partial charge in [-0.05, 0) is 24.3 Å². The van der Waals surface area contributed by atoms with Gasteiger partial charge >= 0.3 is 0 Å². The van der Waals surface area contributed by atoms with Crippen molar-refractivity contribution in [1.82, 2.24) is 0 Å². The lowest BCUT2D eigenvalue weighted by molar-refractivity contribution is -0.698. The number of pyridine rings is 1. The van der Waals surface area contributed by atoms with E-state index >= 15 is 0 Å². The quantitative estimate of drug-likeness (QED) is 0.242. The molecule has 0 aliphatic rings. The van der Waals surface area contributed by atoms with E-state index in [1.807, 2.05) is 0 Å². The number of rotatable bonds is 14. The molecule has 0 N–H and O–H groups in total. The van der Waals surface area contributed by atoms with Gasteiger partial charge in [0.15, 0.2) is 12.4 Å². The monoisotopic (exact) mass is 346 g/mol. The van der Waals surface area contributed by atoms with Crippen molar-refractivity contribution in [1.29, 1.82) is 0 Å². The zero-order valence-corrected chi connectivity index (χ0v) is 17.8. The van der Waals surface area contributed by atoms with Crippen molar-refractivity contribution in [3.05, 3.63) is 29.6 Å². The topological polar surface area (TPSA) is 3.88 Å². The molecule has 0 unspecified atom stereocenters. The number of unbranched alkanes of at least 4 members (excludes halogenated alkanes) is 10. The highest BCUT2D eigenvalue weighted by molar-refractivity contribution is 5.20. The smallest absolute Gasteiger partial charge is 0.172 e. The molecule has 1 nitrogen and oxygen atoms in total. The third kappa shape index (κ3) is 10.0. The first-order valence-electron chi connectivity index (χ1n) is 11.1. The summed E-state index contributed by atoms with van der Waals surface area (Å²) in [7, 11) is 0. The van der Waals surface area contributed by atoms with Gasteiger partial charge in [-0.15, -0.1) is 0 Å². The highest BCUT2D eigenvalue weighted by atomic mass is 14.9. The zero-order valence-electron chi connectivity index (χ0n) is 17.8. The van der Waals surface area contributed by atoms with Crippen LogP contribution >= 0.6 is 0 Å². The number of hydrogen-bond donors (Lipinski definition) is 0. The van der Waals surface area contributed by atoms with Crippen LogP contribution in [0, 0.1) is 0 Å². The Hall–Kier alpha value is -0.850. The van der Waals surface area contributed by atoms with Crippen molar-refractivity contribution in [3.8, 4) is 0 Å². The van der Waals surface area contributed by atoms with Gasteiger partial charge in [-0.1, -0.05) is 92.4 Å². The molecule has 0 aliphatic heterocycles. The summed E-state index contributed by atoms with van der Waals surface area (Å²) in [6.45, 7) is 12.7. The van der Waals surface area contributed by atoms with Crippen LogP contribution in [0.1, 0.15) is 128 Å². The van der Waals surface area contributed by atoms with Gasteiger partial charge < -0.3 is 0 Å². The van der Waals surface area contributed by atoms with Gasteiger partial charge in [0.1, 0.15) is 6.54 Å². The molecule has 0 saturated heterocycles. The molecular weight excluding hydrogens is 302 g/mol. The molecule has 0 amide bonds. The van der Waals surface area contributed by atoms with Gasteiger partial charge in [0.2, 0.25) is 0 Å². The minimum absolute atomic E-state index is 0.613. The third-order valence-electron chi connectivity index (χ3n) is 5.32. The Bertz CT molecular complexity index is 421. The zero-order chi connectivity index (χ0) is 18.5. The summed E-state index contributed by atoms with van der Waals surface area (Å²) in [6, 6.07) is 2.40. The van der Waals surface area contributed by atoms with Crippen molar-refractivity contribution >= 4 is 0 Å². The highest BCUT2D eigenvalue weighted by Gasteiger charge is 2.12. The third-order valence-corrected chi connectivity index (χ3v) is 5.32. The fraction of sp³-hybridized carbons (Fsp3) is 0.792. The molecule has 0 fully saturated rings. The van der Waals surface area contributed by atoms with Crippen LogP contribution in [-0.2, 0) is 6.54 Å². The van der Waals surface area contributed by atoms with Crippen molar-refractivity contribution in [2.24, 2.45) is 0 Å². The Labute approximate surface area is 158 Å². The summed E-state index contributed by atoms with van der Waals surface area (Å²) in [5.41, 5.74) is 2.96. The average Bonchev–Trinajstić information content (AvgIpc) is 2.59. The Morgan fingerprint density at radius 3 is 1.44 bits per heavy atom. The molecule has 1 heterocycles. The first-order valence-corrected chi connectivity index (χ1v) is 11.1. The average molecular weight is 347 g/mol. The number of aryl methyl sites for hydroxylation is 1. The number of aromatic nitrogens is 1. The standard InChI is InChI=1S/C24H44N/c1-6-7-8-9-10-11-12-13-14-15-16-17-25-19-23(21(2)3)18-24(20-25)22(4)5/h18-22H,6-17H2,1-5H3/q+1. The van der Waals surface area contributed by atoms with Gasteiger partial charge in [0.05, 0.1) is 0 Å². The van der Waals surface area contributed by atoms with Crippen LogP contribution in [0.3, 0.4) is 0 Å². The van der Waals surface area contributed by atoms with E-state index in [-0.39, 0.29) is 0 Å². The number of hydrogen-bond acceptors (Lipinski definition) is 0. The van der Waals surface area contributed by atoms with Crippen LogP contribution in [0.4, 0.5) is 0 Å². The lowest BCUT2D eigenvalue weighted by Gasteiger charge is -2.10. The largest absolute Gasteiger partial charge is 0.205 e. The maximum atomic E-state index is 2.44. The molecule has 0 bridgehead atoms. The Kier molecular flexibility index (Phi) is 11.9. The van der Waals surface area contributed by atoms with Gasteiger partial charge in [0.25, 0.3) is 0 Å². The molecule has 1 rings (SSSR count). The molecule has 0 aromatic carbocycles. The maximum Gasteiger partial charge on any atom is 0.172 e. The summed E-state index contributed by atoms with van der Waals surface area (Å²) in [5, 5.41) is 0. The van der Waals surface area contributed by atoms with Gasteiger partial charge in [0, 0.05) is 17.5 Å². The fourth-order valence-corrected chi connectivity index (χ4v) is 3.41. The summed E-state index contributed by atoms with van der Waals surface area (Å²) in [5.74, 6) is 1.23. The van der Waals surface area contributed by atoms with Crippen molar-refractivity contribution in [3.63, 3.8) is 0 Å². The van der Waals surface area contributed by atoms with Crippen molar-refractivity contribution in [2.45, 2.75) is 124 Å². The number of nitrogens with zero attached hydrogens (tertiary/aromatic N) is 1. The predicted octanol–water partition coefficient (Wildman–Crippen LogP) is 7.53. The molecule has 0 spiro atoms. The van der Waals surface area contributed by atoms with E-state index in [0.29, 0.717) is 11.8 Å². The minimum atomic E-state index is 0.613. The van der Waals surface area contributed by atoms with Crippen LogP contribution in [0.5, 0.6) is 0 Å². The first-order chi connectivity index (χ1) is 12.0. The van der Waals surface area contributed by atoms with E-state index in [2.05, 4.69) is 57.6 Å². The summed E-state index contributed by atoms with van der Waals surface area (Å²) in [4.78, 5) is 0. The van der Waals surface area contributed by atoms with Crippen molar-refractivity contribution < 1.29 is 4.57 Å². The highest BCUT2D eigenvalue weighted by Crippen LogP contribution is 2.19. The van der Waals surface area contributed by atoms with E-state index in [0.717, 1.165) is 0 Å². The second-order valence-corrected chi connectivity index (χ2v) is 8.49. The molecule has 144 valence electrons. The summed E-state index contributed by atoms with van der Waals surface area (Å²) in [6.07, 6.45) is 20.3. The van der Waals surface area contributed by atoms with Crippen LogP contribution in [-0.4, -0.2) is 0 Å². The van der Waals surface area contributed by atoms with Crippen LogP contribution < -0.4 is 4.57 Å². The lowest BCUT2D eigenvalue weighted by Crippen LogP contribution is -2.34. The minimum Gasteiger partial charge on any atom is -0.205 e.